The van der Waals surface area contributed by atoms with Gasteiger partial charge in [0.05, 0.1) is 0 Å². The highest BCUT2D eigenvalue weighted by atomic mass is 16.1. The summed E-state index contributed by atoms with van der Waals surface area (Å²) in [6.45, 7) is 2.09. The minimum absolute atomic E-state index is 0.195. The van der Waals surface area contributed by atoms with Crippen LogP contribution in [0.5, 0.6) is 0 Å². The van der Waals surface area contributed by atoms with Gasteiger partial charge in [0.25, 0.3) is 0 Å². The number of carbonyl (C=O) groups is 1. The Balaban J connectivity index is 1.81. The fraction of sp³-hybridized carbons (Fsp3) is 0.462. The number of amides is 1. The van der Waals surface area contributed by atoms with Gasteiger partial charge >= 0.3 is 0 Å². The van der Waals surface area contributed by atoms with Crippen molar-refractivity contribution in [1.82, 2.24) is 5.32 Å². The van der Waals surface area contributed by atoms with Crippen molar-refractivity contribution in [3.63, 3.8) is 0 Å². The van der Waals surface area contributed by atoms with Crippen LogP contribution in [0.15, 0.2) is 24.3 Å². The van der Waals surface area contributed by atoms with Crippen molar-refractivity contribution < 1.29 is 4.79 Å². The third kappa shape index (κ3) is 3.08. The largest absolute Gasteiger partial charge is 0.353 e. The molecule has 0 saturated heterocycles. The second-order valence-electron chi connectivity index (χ2n) is 4.27. The Morgan fingerprint density at radius 2 is 2.13 bits per heavy atom. The first-order chi connectivity index (χ1) is 7.25. The van der Waals surface area contributed by atoms with Crippen LogP contribution < -0.4 is 5.32 Å². The zero-order valence-electron chi connectivity index (χ0n) is 9.12. The van der Waals surface area contributed by atoms with Crippen molar-refractivity contribution in [1.29, 1.82) is 0 Å². The summed E-state index contributed by atoms with van der Waals surface area (Å²) in [6.07, 6.45) is 3.79. The molecule has 1 saturated carbocycles. The Hall–Kier alpha value is -1.31. The average Bonchev–Trinajstić information content (AvgIpc) is 3.00. The van der Waals surface area contributed by atoms with Crippen LogP contribution in [0, 0.1) is 6.92 Å². The van der Waals surface area contributed by atoms with E-state index in [0.717, 1.165) is 19.3 Å². The normalized spacial score (nSPS) is 15.0. The highest BCUT2D eigenvalue weighted by Gasteiger charge is 2.22. The van der Waals surface area contributed by atoms with E-state index in [-0.39, 0.29) is 5.91 Å². The Labute approximate surface area is 90.7 Å². The Morgan fingerprint density at radius 3 is 2.80 bits per heavy atom. The maximum atomic E-state index is 11.5. The lowest BCUT2D eigenvalue weighted by molar-refractivity contribution is -0.121. The molecule has 80 valence electrons. The summed E-state index contributed by atoms with van der Waals surface area (Å²) >= 11 is 0. The Kier molecular flexibility index (Phi) is 3.05. The van der Waals surface area contributed by atoms with Gasteiger partial charge in [-0.25, -0.2) is 0 Å². The van der Waals surface area contributed by atoms with E-state index in [4.69, 9.17) is 0 Å². The quantitative estimate of drug-likeness (QED) is 0.798. The van der Waals surface area contributed by atoms with Crippen molar-refractivity contribution in [2.24, 2.45) is 0 Å². The smallest absolute Gasteiger partial charge is 0.220 e. The molecular formula is C13H17NO. The van der Waals surface area contributed by atoms with Crippen LogP contribution in [0.25, 0.3) is 0 Å². The first kappa shape index (κ1) is 10.2. The van der Waals surface area contributed by atoms with Crippen molar-refractivity contribution in [3.8, 4) is 0 Å². The zero-order chi connectivity index (χ0) is 10.7. The van der Waals surface area contributed by atoms with E-state index in [2.05, 4.69) is 24.4 Å². The van der Waals surface area contributed by atoms with E-state index in [0.29, 0.717) is 12.5 Å². The van der Waals surface area contributed by atoms with Crippen molar-refractivity contribution in [2.75, 3.05) is 0 Å². The van der Waals surface area contributed by atoms with E-state index in [9.17, 15) is 4.79 Å². The molecule has 1 aliphatic carbocycles. The molecular weight excluding hydrogens is 186 g/mol. The van der Waals surface area contributed by atoms with Crippen molar-refractivity contribution in [3.05, 3.63) is 35.4 Å². The molecule has 0 unspecified atom stereocenters. The van der Waals surface area contributed by atoms with Gasteiger partial charge in [0, 0.05) is 12.5 Å². The van der Waals surface area contributed by atoms with Crippen LogP contribution in [0.3, 0.4) is 0 Å². The molecule has 1 amide bonds. The molecule has 1 aliphatic rings. The minimum Gasteiger partial charge on any atom is -0.353 e. The number of aryl methyl sites for hydroxylation is 2. The lowest BCUT2D eigenvalue weighted by Crippen LogP contribution is -2.25. The maximum Gasteiger partial charge on any atom is 0.220 e. The van der Waals surface area contributed by atoms with E-state index < -0.39 is 0 Å². The fourth-order valence-electron chi connectivity index (χ4n) is 1.67. The molecule has 15 heavy (non-hydrogen) atoms. The molecule has 0 aromatic heterocycles. The lowest BCUT2D eigenvalue weighted by Gasteiger charge is -2.05. The molecule has 0 aliphatic heterocycles. The van der Waals surface area contributed by atoms with Gasteiger partial charge in [-0.1, -0.05) is 24.3 Å². The molecule has 0 atom stereocenters. The monoisotopic (exact) mass is 203 g/mol. The van der Waals surface area contributed by atoms with E-state index in [1.54, 1.807) is 0 Å². The van der Waals surface area contributed by atoms with Crippen LogP contribution in [0.1, 0.15) is 30.4 Å². The summed E-state index contributed by atoms with van der Waals surface area (Å²) in [5.74, 6) is 0.195. The van der Waals surface area contributed by atoms with Crippen molar-refractivity contribution >= 4 is 5.91 Å². The van der Waals surface area contributed by atoms with Gasteiger partial charge in [0.15, 0.2) is 0 Å². The van der Waals surface area contributed by atoms with Crippen LogP contribution in [-0.4, -0.2) is 11.9 Å². The fourth-order valence-corrected chi connectivity index (χ4v) is 1.67. The van der Waals surface area contributed by atoms with E-state index >= 15 is 0 Å². The molecule has 1 N–H and O–H groups in total. The number of nitrogens with one attached hydrogen (secondary N) is 1. The third-order valence-corrected chi connectivity index (χ3v) is 2.83. The van der Waals surface area contributed by atoms with Gasteiger partial charge in [-0.05, 0) is 37.3 Å². The minimum atomic E-state index is 0.195. The second-order valence-corrected chi connectivity index (χ2v) is 4.27. The van der Waals surface area contributed by atoms with Gasteiger partial charge in [-0.15, -0.1) is 0 Å². The average molecular weight is 203 g/mol. The first-order valence-electron chi connectivity index (χ1n) is 5.59. The summed E-state index contributed by atoms with van der Waals surface area (Å²) in [5.41, 5.74) is 2.56. The standard InChI is InChI=1S/C13H17NO/c1-10-4-2-3-5-11(10)6-9-13(15)14-12-7-8-12/h2-5,12H,6-9H2,1H3,(H,14,15). The molecule has 2 rings (SSSR count). The molecule has 0 radical (unpaired) electrons. The molecule has 0 heterocycles. The molecule has 1 aromatic rings. The van der Waals surface area contributed by atoms with Gasteiger partial charge in [-0.3, -0.25) is 4.79 Å². The van der Waals surface area contributed by atoms with Gasteiger partial charge in [0.2, 0.25) is 5.91 Å². The first-order valence-corrected chi connectivity index (χ1v) is 5.59. The lowest BCUT2D eigenvalue weighted by atomic mass is 10.0. The number of rotatable bonds is 4. The van der Waals surface area contributed by atoms with Gasteiger partial charge in [0.1, 0.15) is 0 Å². The van der Waals surface area contributed by atoms with Crippen molar-refractivity contribution in [2.45, 2.75) is 38.6 Å². The maximum absolute atomic E-state index is 11.5. The SMILES string of the molecule is Cc1ccccc1CCC(=O)NC1CC1. The van der Waals surface area contributed by atoms with E-state index in [1.807, 2.05) is 12.1 Å². The summed E-state index contributed by atoms with van der Waals surface area (Å²) < 4.78 is 0. The highest BCUT2D eigenvalue weighted by molar-refractivity contribution is 5.76. The number of benzene rings is 1. The third-order valence-electron chi connectivity index (χ3n) is 2.83. The predicted molar refractivity (Wildman–Crippen MR) is 60.7 cm³/mol. The van der Waals surface area contributed by atoms with Crippen LogP contribution in [-0.2, 0) is 11.2 Å². The number of carbonyl (C=O) groups excluding carboxylic acids is 1. The second kappa shape index (κ2) is 4.47. The number of hydrogen-bond donors (Lipinski definition) is 1. The van der Waals surface area contributed by atoms with Crippen LogP contribution in [0.2, 0.25) is 0 Å². The van der Waals surface area contributed by atoms with Gasteiger partial charge < -0.3 is 5.32 Å². The van der Waals surface area contributed by atoms with Crippen LogP contribution in [0.4, 0.5) is 0 Å². The highest BCUT2D eigenvalue weighted by Crippen LogP contribution is 2.19. The molecule has 0 spiro atoms. The Bertz CT molecular complexity index is 355. The summed E-state index contributed by atoms with van der Waals surface area (Å²) in [7, 11) is 0. The molecule has 2 nitrogen and oxygen atoms in total. The molecule has 1 aromatic carbocycles. The summed E-state index contributed by atoms with van der Waals surface area (Å²) in [4.78, 5) is 11.5. The Morgan fingerprint density at radius 1 is 1.40 bits per heavy atom. The zero-order valence-corrected chi connectivity index (χ0v) is 9.12. The summed E-state index contributed by atoms with van der Waals surface area (Å²) in [5, 5.41) is 3.00. The van der Waals surface area contributed by atoms with Crippen LogP contribution >= 0.6 is 0 Å². The molecule has 1 fully saturated rings. The molecule has 2 heteroatoms. The number of hydrogen-bond acceptors (Lipinski definition) is 1. The van der Waals surface area contributed by atoms with Gasteiger partial charge in [-0.2, -0.15) is 0 Å². The predicted octanol–water partition coefficient (Wildman–Crippen LogP) is 2.21. The summed E-state index contributed by atoms with van der Waals surface area (Å²) in [6, 6.07) is 8.73. The topological polar surface area (TPSA) is 29.1 Å². The molecule has 0 bridgehead atoms. The van der Waals surface area contributed by atoms with E-state index in [1.165, 1.54) is 11.1 Å².